The van der Waals surface area contributed by atoms with Gasteiger partial charge in [0.15, 0.2) is 0 Å². The zero-order valence-corrected chi connectivity index (χ0v) is 20.9. The Morgan fingerprint density at radius 2 is 0.571 bits per heavy atom. The van der Waals surface area contributed by atoms with Crippen LogP contribution in [0.3, 0.4) is 0 Å². The summed E-state index contributed by atoms with van der Waals surface area (Å²) in [5, 5.41) is 0. The van der Waals surface area contributed by atoms with Crippen molar-refractivity contribution in [3.8, 4) is 11.1 Å². The fraction of sp³-hybridized carbons (Fsp3) is 0.900. The molecule has 0 aliphatic carbocycles. The fourth-order valence-corrected chi connectivity index (χ4v) is 7.03. The van der Waals surface area contributed by atoms with Gasteiger partial charge in [0, 0.05) is 39.6 Å². The molecule has 0 aliphatic heterocycles. The molecule has 0 amide bonds. The summed E-state index contributed by atoms with van der Waals surface area (Å²) in [4.78, 5) is 0. The first kappa shape index (κ1) is 27.8. The first-order valence-electron chi connectivity index (χ1n) is 10.9. The van der Waals surface area contributed by atoms with Crippen molar-refractivity contribution in [2.75, 3.05) is 39.6 Å². The lowest BCUT2D eigenvalue weighted by Crippen LogP contribution is -2.49. The lowest BCUT2D eigenvalue weighted by atomic mass is 10.5. The van der Waals surface area contributed by atoms with E-state index in [1.807, 2.05) is 0 Å². The van der Waals surface area contributed by atoms with E-state index in [1.165, 1.54) is 0 Å². The molecular formula is C20H42O6Si2. The molecule has 8 heteroatoms. The molecule has 0 rings (SSSR count). The van der Waals surface area contributed by atoms with Crippen molar-refractivity contribution in [1.29, 1.82) is 0 Å². The van der Waals surface area contributed by atoms with E-state index < -0.39 is 17.6 Å². The first-order chi connectivity index (χ1) is 13.6. The molecule has 0 aromatic heterocycles. The van der Waals surface area contributed by atoms with Gasteiger partial charge < -0.3 is 26.6 Å². The van der Waals surface area contributed by atoms with E-state index in [1.54, 1.807) is 0 Å². The maximum absolute atomic E-state index is 6.07. The van der Waals surface area contributed by atoms with Crippen LogP contribution in [0.25, 0.3) is 0 Å². The molecule has 0 aliphatic rings. The van der Waals surface area contributed by atoms with E-state index in [9.17, 15) is 0 Å². The van der Waals surface area contributed by atoms with E-state index in [0.29, 0.717) is 39.6 Å². The molecule has 0 saturated carbocycles. The standard InChI is InChI=1S/C20H42O6Si2/c1-7-13-21-27(22-14-8-2,23-15-9-3)19-20-28(24-16-10-4,25-17-11-5)26-18-12-6/h7-18H2,1-6H3. The minimum atomic E-state index is -3.15. The van der Waals surface area contributed by atoms with Crippen LogP contribution in [-0.4, -0.2) is 57.3 Å². The maximum Gasteiger partial charge on any atom is 0.591 e. The molecule has 0 heterocycles. The second-order valence-corrected chi connectivity index (χ2v) is 10.9. The molecular weight excluding hydrogens is 392 g/mol. The third kappa shape index (κ3) is 11.7. The van der Waals surface area contributed by atoms with Crippen molar-refractivity contribution in [2.24, 2.45) is 0 Å². The highest BCUT2D eigenvalue weighted by atomic mass is 28.4. The summed E-state index contributed by atoms with van der Waals surface area (Å²) in [7, 11) is -6.30. The molecule has 0 N–H and O–H groups in total. The zero-order chi connectivity index (χ0) is 21.1. The molecule has 0 atom stereocenters. The highest BCUT2D eigenvalue weighted by Crippen LogP contribution is 2.15. The quantitative estimate of drug-likeness (QED) is 0.234. The minimum absolute atomic E-state index is 0.546. The molecule has 0 unspecified atom stereocenters. The highest BCUT2D eigenvalue weighted by molar-refractivity contribution is 6.75. The van der Waals surface area contributed by atoms with Crippen LogP contribution in [0.4, 0.5) is 0 Å². The van der Waals surface area contributed by atoms with Gasteiger partial charge in [-0.25, -0.2) is 0 Å². The third-order valence-corrected chi connectivity index (χ3v) is 7.96. The second kappa shape index (κ2) is 17.6. The molecule has 0 saturated heterocycles. The Labute approximate surface area is 175 Å². The van der Waals surface area contributed by atoms with Crippen LogP contribution in [0.5, 0.6) is 0 Å². The second-order valence-electron chi connectivity index (χ2n) is 6.45. The topological polar surface area (TPSA) is 55.4 Å². The molecule has 0 spiro atoms. The van der Waals surface area contributed by atoms with Crippen molar-refractivity contribution in [1.82, 2.24) is 0 Å². The van der Waals surface area contributed by atoms with Gasteiger partial charge in [-0.2, -0.15) is 0 Å². The highest BCUT2D eigenvalue weighted by Gasteiger charge is 2.45. The van der Waals surface area contributed by atoms with Gasteiger partial charge in [0.25, 0.3) is 0 Å². The summed E-state index contributed by atoms with van der Waals surface area (Å²) in [6.45, 7) is 15.6. The fourth-order valence-electron chi connectivity index (χ4n) is 2.04. The predicted molar refractivity (Wildman–Crippen MR) is 117 cm³/mol. The zero-order valence-electron chi connectivity index (χ0n) is 18.9. The Hall–Kier alpha value is -0.246. The van der Waals surface area contributed by atoms with Gasteiger partial charge in [-0.05, 0) is 49.6 Å². The molecule has 166 valence electrons. The first-order valence-corrected chi connectivity index (χ1v) is 14.4. The Morgan fingerprint density at radius 1 is 0.393 bits per heavy atom. The molecule has 0 bridgehead atoms. The van der Waals surface area contributed by atoms with E-state index in [4.69, 9.17) is 26.6 Å². The van der Waals surface area contributed by atoms with Crippen molar-refractivity contribution in [3.63, 3.8) is 0 Å². The van der Waals surface area contributed by atoms with Crippen LogP contribution in [0.1, 0.15) is 80.1 Å². The van der Waals surface area contributed by atoms with Gasteiger partial charge >= 0.3 is 17.6 Å². The Balaban J connectivity index is 5.84. The van der Waals surface area contributed by atoms with Crippen molar-refractivity contribution in [2.45, 2.75) is 80.1 Å². The van der Waals surface area contributed by atoms with Crippen molar-refractivity contribution >= 4 is 17.6 Å². The van der Waals surface area contributed by atoms with Crippen molar-refractivity contribution in [3.05, 3.63) is 0 Å². The number of hydrogen-bond donors (Lipinski definition) is 0. The summed E-state index contributed by atoms with van der Waals surface area (Å²) < 4.78 is 36.4. The summed E-state index contributed by atoms with van der Waals surface area (Å²) in [5.74, 6) is 0. The van der Waals surface area contributed by atoms with Gasteiger partial charge in [0.05, 0.1) is 0 Å². The van der Waals surface area contributed by atoms with Gasteiger partial charge in [0.1, 0.15) is 0 Å². The monoisotopic (exact) mass is 434 g/mol. The summed E-state index contributed by atoms with van der Waals surface area (Å²) in [5.41, 5.74) is 6.43. The Kier molecular flexibility index (Phi) is 17.4. The van der Waals surface area contributed by atoms with Gasteiger partial charge in [-0.1, -0.05) is 41.5 Å². The smallest absolute Gasteiger partial charge is 0.364 e. The van der Waals surface area contributed by atoms with E-state index >= 15 is 0 Å². The van der Waals surface area contributed by atoms with Crippen LogP contribution < -0.4 is 0 Å². The number of hydrogen-bond acceptors (Lipinski definition) is 6. The van der Waals surface area contributed by atoms with Gasteiger partial charge in [-0.15, -0.1) is 0 Å². The van der Waals surface area contributed by atoms with Gasteiger partial charge in [0.2, 0.25) is 0 Å². The maximum atomic E-state index is 6.07. The minimum Gasteiger partial charge on any atom is -0.364 e. The molecule has 6 nitrogen and oxygen atoms in total. The van der Waals surface area contributed by atoms with Crippen LogP contribution in [0.15, 0.2) is 0 Å². The summed E-state index contributed by atoms with van der Waals surface area (Å²) >= 11 is 0. The summed E-state index contributed by atoms with van der Waals surface area (Å²) in [6, 6.07) is 0. The number of rotatable bonds is 18. The largest absolute Gasteiger partial charge is 0.591 e. The van der Waals surface area contributed by atoms with Crippen molar-refractivity contribution < 1.29 is 26.6 Å². The molecule has 28 heavy (non-hydrogen) atoms. The van der Waals surface area contributed by atoms with Crippen LogP contribution >= 0.6 is 0 Å². The van der Waals surface area contributed by atoms with Crippen LogP contribution in [0, 0.1) is 11.1 Å². The molecule has 0 fully saturated rings. The van der Waals surface area contributed by atoms with E-state index in [2.05, 4.69) is 52.6 Å². The summed E-state index contributed by atoms with van der Waals surface area (Å²) in [6.07, 6.45) is 5.22. The molecule has 0 aromatic carbocycles. The van der Waals surface area contributed by atoms with Gasteiger partial charge in [-0.3, -0.25) is 0 Å². The SMILES string of the molecule is CCCO[Si](C#C[Si](OCCC)(OCCC)OCCC)(OCCC)OCCC. The van der Waals surface area contributed by atoms with Crippen LogP contribution in [-0.2, 0) is 26.6 Å². The third-order valence-electron chi connectivity index (χ3n) is 3.35. The van der Waals surface area contributed by atoms with E-state index in [-0.39, 0.29) is 0 Å². The Bertz CT molecular complexity index is 345. The lowest BCUT2D eigenvalue weighted by Gasteiger charge is -2.27. The van der Waals surface area contributed by atoms with E-state index in [0.717, 1.165) is 38.5 Å². The molecule has 0 aromatic rings. The molecule has 0 radical (unpaired) electrons. The van der Waals surface area contributed by atoms with Crippen LogP contribution in [0.2, 0.25) is 0 Å². The average Bonchev–Trinajstić information content (AvgIpc) is 2.73. The predicted octanol–water partition coefficient (Wildman–Crippen LogP) is 4.51. The lowest BCUT2D eigenvalue weighted by molar-refractivity contribution is 0.0707. The average molecular weight is 435 g/mol. The normalized spacial score (nSPS) is 12.1. The Morgan fingerprint density at radius 3 is 0.714 bits per heavy atom.